The lowest BCUT2D eigenvalue weighted by molar-refractivity contribution is 0.0936. The highest BCUT2D eigenvalue weighted by molar-refractivity contribution is 7.91. The minimum atomic E-state index is -3.04. The van der Waals surface area contributed by atoms with E-state index in [-0.39, 0.29) is 23.2 Å². The molecule has 25 heavy (non-hydrogen) atoms. The first-order valence-corrected chi connectivity index (χ1v) is 9.82. The number of nitrogens with zero attached hydrogens (tertiary/aromatic N) is 2. The number of benzene rings is 1. The molecule has 1 atom stereocenters. The van der Waals surface area contributed by atoms with E-state index in [4.69, 9.17) is 0 Å². The monoisotopic (exact) mass is 360 g/mol. The van der Waals surface area contributed by atoms with Gasteiger partial charge in [0.25, 0.3) is 5.91 Å². The Hall–Kier alpha value is -2.48. The van der Waals surface area contributed by atoms with Crippen molar-refractivity contribution in [3.8, 4) is 0 Å². The maximum Gasteiger partial charge on any atom is 0.270 e. The number of carbonyl (C=O) groups excluding carboxylic acids is 1. The predicted molar refractivity (Wildman–Crippen MR) is 95.8 cm³/mol. The highest BCUT2D eigenvalue weighted by Crippen LogP contribution is 2.18. The van der Waals surface area contributed by atoms with Crippen LogP contribution in [0.2, 0.25) is 0 Å². The van der Waals surface area contributed by atoms with Crippen LogP contribution in [-0.4, -0.2) is 41.8 Å². The minimum absolute atomic E-state index is 0.0163. The minimum Gasteiger partial charge on any atom is -0.347 e. The largest absolute Gasteiger partial charge is 0.347 e. The standard InChI is InChI=1S/C17H20N4O3S/c1-11-3-4-13(7-12(11)2)20-16-8-15(18-10-19-16)17(22)21-14-5-6-25(23,24)9-14/h3-4,7-8,10,14H,5-6,9H2,1-2H3,(H,21,22)(H,18,19,20). The number of nitrogens with one attached hydrogen (secondary N) is 2. The van der Waals surface area contributed by atoms with Crippen LogP contribution in [0.3, 0.4) is 0 Å². The zero-order valence-electron chi connectivity index (χ0n) is 14.1. The van der Waals surface area contributed by atoms with Gasteiger partial charge in [-0.15, -0.1) is 0 Å². The predicted octanol–water partition coefficient (Wildman–Crippen LogP) is 1.75. The Morgan fingerprint density at radius 1 is 1.16 bits per heavy atom. The third kappa shape index (κ3) is 4.33. The zero-order chi connectivity index (χ0) is 18.0. The molecule has 1 saturated heterocycles. The van der Waals surface area contributed by atoms with Crippen LogP contribution in [0.1, 0.15) is 28.0 Å². The van der Waals surface area contributed by atoms with E-state index in [1.165, 1.54) is 11.9 Å². The summed E-state index contributed by atoms with van der Waals surface area (Å²) in [7, 11) is -3.04. The molecule has 0 aliphatic carbocycles. The quantitative estimate of drug-likeness (QED) is 0.861. The van der Waals surface area contributed by atoms with Gasteiger partial charge in [0.15, 0.2) is 9.84 Å². The Morgan fingerprint density at radius 3 is 2.64 bits per heavy atom. The van der Waals surface area contributed by atoms with Crippen molar-refractivity contribution in [2.45, 2.75) is 26.3 Å². The van der Waals surface area contributed by atoms with Gasteiger partial charge in [0.2, 0.25) is 0 Å². The second-order valence-electron chi connectivity index (χ2n) is 6.29. The zero-order valence-corrected chi connectivity index (χ0v) is 14.9. The van der Waals surface area contributed by atoms with Crippen LogP contribution in [-0.2, 0) is 9.84 Å². The topological polar surface area (TPSA) is 101 Å². The van der Waals surface area contributed by atoms with E-state index in [1.54, 1.807) is 6.07 Å². The summed E-state index contributed by atoms with van der Waals surface area (Å²) in [5, 5.41) is 5.87. The number of hydrogen-bond donors (Lipinski definition) is 2. The molecule has 0 saturated carbocycles. The molecule has 3 rings (SSSR count). The van der Waals surface area contributed by atoms with E-state index in [1.807, 2.05) is 32.0 Å². The number of aromatic nitrogens is 2. The third-order valence-electron chi connectivity index (χ3n) is 4.25. The molecule has 2 heterocycles. The Balaban J connectivity index is 1.70. The first-order chi connectivity index (χ1) is 11.8. The second-order valence-corrected chi connectivity index (χ2v) is 8.51. The molecular weight excluding hydrogens is 340 g/mol. The smallest absolute Gasteiger partial charge is 0.270 e. The second kappa shape index (κ2) is 6.79. The molecule has 132 valence electrons. The van der Waals surface area contributed by atoms with Crippen molar-refractivity contribution in [3.05, 3.63) is 47.4 Å². The Kier molecular flexibility index (Phi) is 4.71. The Labute approximate surface area is 146 Å². The van der Waals surface area contributed by atoms with Crippen LogP contribution in [0.5, 0.6) is 0 Å². The molecule has 8 heteroatoms. The van der Waals surface area contributed by atoms with E-state index in [0.29, 0.717) is 12.2 Å². The molecule has 1 aromatic carbocycles. The molecule has 1 amide bonds. The lowest BCUT2D eigenvalue weighted by atomic mass is 10.1. The summed E-state index contributed by atoms with van der Waals surface area (Å²) in [5.41, 5.74) is 3.42. The fraction of sp³-hybridized carbons (Fsp3) is 0.353. The molecule has 1 aliphatic rings. The van der Waals surface area contributed by atoms with E-state index < -0.39 is 15.7 Å². The van der Waals surface area contributed by atoms with Crippen molar-refractivity contribution >= 4 is 27.2 Å². The van der Waals surface area contributed by atoms with Crippen molar-refractivity contribution in [1.82, 2.24) is 15.3 Å². The van der Waals surface area contributed by atoms with Gasteiger partial charge in [-0.3, -0.25) is 4.79 Å². The summed E-state index contributed by atoms with van der Waals surface area (Å²) in [5.74, 6) is 0.203. The summed E-state index contributed by atoms with van der Waals surface area (Å²) in [6.07, 6.45) is 1.75. The van der Waals surface area contributed by atoms with Crippen molar-refractivity contribution in [3.63, 3.8) is 0 Å². The summed E-state index contributed by atoms with van der Waals surface area (Å²) < 4.78 is 23.0. The molecule has 7 nitrogen and oxygen atoms in total. The number of anilines is 2. The molecule has 1 unspecified atom stereocenters. The lowest BCUT2D eigenvalue weighted by Gasteiger charge is -2.11. The van der Waals surface area contributed by atoms with Crippen LogP contribution in [0, 0.1) is 13.8 Å². The van der Waals surface area contributed by atoms with Crippen LogP contribution >= 0.6 is 0 Å². The molecule has 1 aromatic heterocycles. The molecule has 0 bridgehead atoms. The molecule has 0 radical (unpaired) electrons. The Morgan fingerprint density at radius 2 is 1.96 bits per heavy atom. The van der Waals surface area contributed by atoms with E-state index in [0.717, 1.165) is 11.3 Å². The van der Waals surface area contributed by atoms with Gasteiger partial charge in [0, 0.05) is 17.8 Å². The normalized spacial score (nSPS) is 18.7. The number of sulfone groups is 1. The number of hydrogen-bond acceptors (Lipinski definition) is 6. The van der Waals surface area contributed by atoms with Crippen LogP contribution < -0.4 is 10.6 Å². The average Bonchev–Trinajstić information content (AvgIpc) is 2.90. The average molecular weight is 360 g/mol. The van der Waals surface area contributed by atoms with Crippen molar-refractivity contribution in [2.75, 3.05) is 16.8 Å². The van der Waals surface area contributed by atoms with Gasteiger partial charge in [-0.25, -0.2) is 18.4 Å². The van der Waals surface area contributed by atoms with Crippen molar-refractivity contribution in [1.29, 1.82) is 0 Å². The molecule has 0 spiro atoms. The van der Waals surface area contributed by atoms with Gasteiger partial charge in [-0.1, -0.05) is 6.07 Å². The highest BCUT2D eigenvalue weighted by Gasteiger charge is 2.29. The summed E-state index contributed by atoms with van der Waals surface area (Å²) >= 11 is 0. The number of aryl methyl sites for hydroxylation is 2. The molecule has 1 fully saturated rings. The number of rotatable bonds is 4. The fourth-order valence-electron chi connectivity index (χ4n) is 2.69. The van der Waals surface area contributed by atoms with Gasteiger partial charge >= 0.3 is 0 Å². The summed E-state index contributed by atoms with van der Waals surface area (Å²) in [4.78, 5) is 20.4. The van der Waals surface area contributed by atoms with Gasteiger partial charge in [0.05, 0.1) is 11.5 Å². The van der Waals surface area contributed by atoms with Gasteiger partial charge in [0.1, 0.15) is 17.8 Å². The maximum absolute atomic E-state index is 12.3. The fourth-order valence-corrected chi connectivity index (χ4v) is 4.36. The van der Waals surface area contributed by atoms with Crippen molar-refractivity contribution < 1.29 is 13.2 Å². The van der Waals surface area contributed by atoms with E-state index in [9.17, 15) is 13.2 Å². The number of amides is 1. The molecule has 2 N–H and O–H groups in total. The number of carbonyl (C=O) groups is 1. The van der Waals surface area contributed by atoms with Crippen molar-refractivity contribution in [2.24, 2.45) is 0 Å². The SMILES string of the molecule is Cc1ccc(Nc2cc(C(=O)NC3CCS(=O)(=O)C3)ncn2)cc1C. The molecule has 1 aliphatic heterocycles. The molecular formula is C17H20N4O3S. The lowest BCUT2D eigenvalue weighted by Crippen LogP contribution is -2.36. The van der Waals surface area contributed by atoms with Crippen LogP contribution in [0.25, 0.3) is 0 Å². The summed E-state index contributed by atoms with van der Waals surface area (Å²) in [6, 6.07) is 7.14. The highest BCUT2D eigenvalue weighted by atomic mass is 32.2. The first kappa shape index (κ1) is 17.3. The van der Waals surface area contributed by atoms with Crippen LogP contribution in [0.4, 0.5) is 11.5 Å². The maximum atomic E-state index is 12.3. The van der Waals surface area contributed by atoms with E-state index >= 15 is 0 Å². The van der Waals surface area contributed by atoms with Gasteiger partial charge < -0.3 is 10.6 Å². The summed E-state index contributed by atoms with van der Waals surface area (Å²) in [6.45, 7) is 4.06. The third-order valence-corrected chi connectivity index (χ3v) is 6.01. The van der Waals surface area contributed by atoms with Crippen LogP contribution in [0.15, 0.2) is 30.6 Å². The molecule has 2 aromatic rings. The van der Waals surface area contributed by atoms with Gasteiger partial charge in [-0.05, 0) is 43.5 Å². The van der Waals surface area contributed by atoms with Gasteiger partial charge in [-0.2, -0.15) is 0 Å². The Bertz CT molecular complexity index is 912. The van der Waals surface area contributed by atoms with E-state index in [2.05, 4.69) is 20.6 Å². The first-order valence-electron chi connectivity index (χ1n) is 8.00.